The zero-order chi connectivity index (χ0) is 43.9. The lowest BCUT2D eigenvalue weighted by molar-refractivity contribution is 1.63. The fourth-order valence-corrected chi connectivity index (χ4v) is 13.7. The first-order chi connectivity index (χ1) is 33.8. The van der Waals surface area contributed by atoms with Crippen molar-refractivity contribution in [3.63, 3.8) is 0 Å². The Kier molecular flexibility index (Phi) is 6.53. The third kappa shape index (κ3) is 4.20. The number of hydrogen-bond acceptors (Lipinski definition) is 0. The van der Waals surface area contributed by atoms with E-state index in [9.17, 15) is 0 Å². The standard InChI is InChI=1S/C68H36/c1-4-15-37(16-5-1)56-49-26-14-25-43-42-23-12-13-24-44(42)64(61(43)49)68-53-34-30-48-46-29-33-52-62-51(32-28-45(59(46)62)47-27-31-50(65(56)68)63(53)60(47)48)66-57(38-17-6-2-7-18-38)54-35-40-21-10-11-22-41(40)36-55(54)58(67(52)66)39-19-8-3-9-20-39/h1-36H. The summed E-state index contributed by atoms with van der Waals surface area (Å²) in [6.07, 6.45) is 0. The van der Waals surface area contributed by atoms with Crippen LogP contribution in [-0.4, -0.2) is 0 Å². The Morgan fingerprint density at radius 2 is 0.515 bits per heavy atom. The van der Waals surface area contributed by atoms with Crippen LogP contribution in [0.2, 0.25) is 0 Å². The van der Waals surface area contributed by atoms with Crippen molar-refractivity contribution in [3.8, 4) is 55.6 Å². The first kappa shape index (κ1) is 35.4. The van der Waals surface area contributed by atoms with Gasteiger partial charge in [-0.1, -0.05) is 206 Å². The molecule has 0 nitrogen and oxygen atoms in total. The van der Waals surface area contributed by atoms with E-state index in [1.54, 1.807) is 0 Å². The summed E-state index contributed by atoms with van der Waals surface area (Å²) >= 11 is 0. The van der Waals surface area contributed by atoms with Crippen molar-refractivity contribution in [2.45, 2.75) is 0 Å². The maximum atomic E-state index is 2.47. The van der Waals surface area contributed by atoms with Gasteiger partial charge in [-0.15, -0.1) is 0 Å². The van der Waals surface area contributed by atoms with Crippen LogP contribution in [0.1, 0.15) is 0 Å². The van der Waals surface area contributed by atoms with Gasteiger partial charge in [-0.2, -0.15) is 0 Å². The lowest BCUT2D eigenvalue weighted by atomic mass is 9.82. The fraction of sp³-hybridized carbons (Fsp3) is 0. The first-order valence-corrected chi connectivity index (χ1v) is 23.9. The molecule has 0 heteroatoms. The molecule has 0 heterocycles. The van der Waals surface area contributed by atoms with E-state index in [2.05, 4.69) is 218 Å². The molecule has 17 rings (SSSR count). The van der Waals surface area contributed by atoms with Crippen LogP contribution in [0.15, 0.2) is 218 Å². The minimum Gasteiger partial charge on any atom is -0.0622 e. The van der Waals surface area contributed by atoms with Crippen molar-refractivity contribution in [1.29, 1.82) is 0 Å². The monoisotopic (exact) mass is 852 g/mol. The van der Waals surface area contributed by atoms with Gasteiger partial charge >= 0.3 is 0 Å². The van der Waals surface area contributed by atoms with Crippen LogP contribution in [0.4, 0.5) is 0 Å². The summed E-state index contributed by atoms with van der Waals surface area (Å²) in [5, 5.41) is 29.4. The molecule has 0 saturated carbocycles. The molecule has 0 bridgehead atoms. The van der Waals surface area contributed by atoms with Crippen LogP contribution in [0.3, 0.4) is 0 Å². The summed E-state index contributed by atoms with van der Waals surface area (Å²) in [6, 6.07) is 82.9. The van der Waals surface area contributed by atoms with E-state index in [1.165, 1.54) is 174 Å². The molecule has 16 aromatic rings. The minimum absolute atomic E-state index is 1.25. The second-order valence-electron chi connectivity index (χ2n) is 19.3. The van der Waals surface area contributed by atoms with E-state index >= 15 is 0 Å². The van der Waals surface area contributed by atoms with Crippen molar-refractivity contribution in [3.05, 3.63) is 218 Å². The highest BCUT2D eigenvalue weighted by Gasteiger charge is 2.33. The predicted molar refractivity (Wildman–Crippen MR) is 293 cm³/mol. The summed E-state index contributed by atoms with van der Waals surface area (Å²) in [6.45, 7) is 0. The van der Waals surface area contributed by atoms with Gasteiger partial charge in [-0.05, 0) is 186 Å². The number of rotatable bonds is 3. The Labute approximate surface area is 390 Å². The van der Waals surface area contributed by atoms with Crippen molar-refractivity contribution < 1.29 is 0 Å². The maximum absolute atomic E-state index is 2.47. The molecule has 0 aromatic heterocycles. The smallest absolute Gasteiger partial charge is 0.000696 e. The molecule has 1 aliphatic carbocycles. The molecule has 0 fully saturated rings. The SMILES string of the molecule is c1ccc(-c2c3c(c(-c4ccccc4)c4cc5ccccc5cc24)-c2ccc4c5ccc6c7c(ccc(c8ccc-3c2c84)c57)c2c(-c3ccccc3)c3cccc4c5ccccc5c(c34)c62)cc1. The van der Waals surface area contributed by atoms with Crippen LogP contribution in [0, 0.1) is 0 Å². The van der Waals surface area contributed by atoms with Gasteiger partial charge in [-0.3, -0.25) is 0 Å². The summed E-state index contributed by atoms with van der Waals surface area (Å²) < 4.78 is 0. The molecule has 0 unspecified atom stereocenters. The second-order valence-corrected chi connectivity index (χ2v) is 19.3. The maximum Gasteiger partial charge on any atom is -0.000696 e. The van der Waals surface area contributed by atoms with Crippen molar-refractivity contribution in [1.82, 2.24) is 0 Å². The van der Waals surface area contributed by atoms with E-state index in [0.717, 1.165) is 0 Å². The van der Waals surface area contributed by atoms with Crippen LogP contribution in [0.25, 0.3) is 174 Å². The number of hydrogen-bond donors (Lipinski definition) is 0. The minimum atomic E-state index is 1.25. The first-order valence-electron chi connectivity index (χ1n) is 23.9. The molecule has 308 valence electrons. The molecule has 0 saturated heterocycles. The van der Waals surface area contributed by atoms with E-state index < -0.39 is 0 Å². The highest BCUT2D eigenvalue weighted by atomic mass is 14.4. The Bertz CT molecular complexity index is 4690. The van der Waals surface area contributed by atoms with E-state index in [-0.39, 0.29) is 0 Å². The van der Waals surface area contributed by atoms with Crippen LogP contribution in [-0.2, 0) is 0 Å². The van der Waals surface area contributed by atoms with Crippen molar-refractivity contribution in [2.75, 3.05) is 0 Å². The normalized spacial score (nSPS) is 12.7. The molecular formula is C68H36. The molecule has 0 amide bonds. The lowest BCUT2D eigenvalue weighted by Crippen LogP contribution is -1.94. The van der Waals surface area contributed by atoms with Gasteiger partial charge < -0.3 is 0 Å². The van der Waals surface area contributed by atoms with E-state index in [4.69, 9.17) is 0 Å². The van der Waals surface area contributed by atoms with Gasteiger partial charge in [0.2, 0.25) is 0 Å². The summed E-state index contributed by atoms with van der Waals surface area (Å²) in [5.74, 6) is 0. The van der Waals surface area contributed by atoms with Crippen LogP contribution >= 0.6 is 0 Å². The Morgan fingerprint density at radius 3 is 1.09 bits per heavy atom. The molecule has 0 radical (unpaired) electrons. The highest BCUT2D eigenvalue weighted by molar-refractivity contribution is 6.51. The average Bonchev–Trinajstić information content (AvgIpc) is 4.04. The summed E-state index contributed by atoms with van der Waals surface area (Å²) in [5.41, 5.74) is 13.0. The average molecular weight is 853 g/mol. The third-order valence-corrected chi connectivity index (χ3v) is 16.2. The number of fused-ring (bicyclic) bond motifs is 14. The van der Waals surface area contributed by atoms with Gasteiger partial charge in [0, 0.05) is 0 Å². The molecule has 68 heavy (non-hydrogen) atoms. The van der Waals surface area contributed by atoms with Gasteiger partial charge in [0.15, 0.2) is 0 Å². The molecule has 16 aromatic carbocycles. The highest BCUT2D eigenvalue weighted by Crippen LogP contribution is 2.61. The topological polar surface area (TPSA) is 0 Å². The zero-order valence-corrected chi connectivity index (χ0v) is 36.8. The van der Waals surface area contributed by atoms with E-state index in [0.29, 0.717) is 0 Å². The van der Waals surface area contributed by atoms with Crippen LogP contribution < -0.4 is 0 Å². The third-order valence-electron chi connectivity index (χ3n) is 16.2. The Hall–Kier alpha value is -8.84. The molecule has 1 aliphatic rings. The summed E-state index contributed by atoms with van der Waals surface area (Å²) in [7, 11) is 0. The quantitative estimate of drug-likeness (QED) is 0.123. The van der Waals surface area contributed by atoms with E-state index in [1.807, 2.05) is 0 Å². The zero-order valence-electron chi connectivity index (χ0n) is 36.8. The molecule has 0 spiro atoms. The molecule has 0 atom stereocenters. The lowest BCUT2D eigenvalue weighted by Gasteiger charge is -2.21. The van der Waals surface area contributed by atoms with Gasteiger partial charge in [-0.25, -0.2) is 0 Å². The van der Waals surface area contributed by atoms with Gasteiger partial charge in [0.25, 0.3) is 0 Å². The summed E-state index contributed by atoms with van der Waals surface area (Å²) in [4.78, 5) is 0. The Morgan fingerprint density at radius 1 is 0.162 bits per heavy atom. The van der Waals surface area contributed by atoms with Gasteiger partial charge in [0.05, 0.1) is 0 Å². The molecular weight excluding hydrogens is 817 g/mol. The molecule has 0 aliphatic heterocycles. The van der Waals surface area contributed by atoms with Crippen molar-refractivity contribution >= 4 is 118 Å². The Balaban J connectivity index is 1.05. The predicted octanol–water partition coefficient (Wildman–Crippen LogP) is 19.3. The van der Waals surface area contributed by atoms with Crippen LogP contribution in [0.5, 0.6) is 0 Å². The fourth-order valence-electron chi connectivity index (χ4n) is 13.7. The van der Waals surface area contributed by atoms with Gasteiger partial charge in [0.1, 0.15) is 0 Å². The molecule has 0 N–H and O–H groups in total. The second kappa shape index (κ2) is 12.5. The van der Waals surface area contributed by atoms with Crippen molar-refractivity contribution in [2.24, 2.45) is 0 Å². The largest absolute Gasteiger partial charge is 0.0622 e. The number of benzene rings is 14.